The van der Waals surface area contributed by atoms with Crippen LogP contribution in [0.1, 0.15) is 18.2 Å². The van der Waals surface area contributed by atoms with Crippen LogP contribution in [0.25, 0.3) is 0 Å². The van der Waals surface area contributed by atoms with E-state index in [1.54, 1.807) is 37.4 Å². The second-order valence-corrected chi connectivity index (χ2v) is 4.14. The fourth-order valence-corrected chi connectivity index (χ4v) is 1.85. The van der Waals surface area contributed by atoms with Crippen LogP contribution in [0.4, 0.5) is 4.39 Å². The minimum Gasteiger partial charge on any atom is -0.495 e. The Morgan fingerprint density at radius 3 is 2.72 bits per heavy atom. The zero-order valence-corrected chi connectivity index (χ0v) is 10.2. The molecule has 3 nitrogen and oxygen atoms in total. The molecule has 2 rings (SSSR count). The summed E-state index contributed by atoms with van der Waals surface area (Å²) in [6.07, 6.45) is 1.56. The molecule has 0 fully saturated rings. The molecule has 0 saturated carbocycles. The number of rotatable bonds is 3. The van der Waals surface area contributed by atoms with Crippen molar-refractivity contribution in [2.24, 2.45) is 0 Å². The highest BCUT2D eigenvalue weighted by Crippen LogP contribution is 2.33. The van der Waals surface area contributed by atoms with Crippen molar-refractivity contribution in [3.8, 4) is 5.75 Å². The van der Waals surface area contributed by atoms with Crippen molar-refractivity contribution in [1.29, 1.82) is 0 Å². The molecule has 18 heavy (non-hydrogen) atoms. The van der Waals surface area contributed by atoms with Gasteiger partial charge in [0.1, 0.15) is 22.9 Å². The molecular weight excluding hydrogens is 233 g/mol. The van der Waals surface area contributed by atoms with Crippen molar-refractivity contribution >= 4 is 0 Å². The number of aliphatic hydroxyl groups is 1. The standard InChI is InChI=1S/C14H14FNO2/c1-14(17,10-5-3-6-11(15)9-10)13-12(18-2)7-4-8-16-13/h3-9,17H,1-2H3. The molecule has 1 N–H and O–H groups in total. The number of nitrogens with zero attached hydrogens (tertiary/aromatic N) is 1. The van der Waals surface area contributed by atoms with E-state index in [2.05, 4.69) is 4.98 Å². The Labute approximate surface area is 105 Å². The Morgan fingerprint density at radius 1 is 1.28 bits per heavy atom. The van der Waals surface area contributed by atoms with Crippen LogP contribution in [0, 0.1) is 5.82 Å². The Morgan fingerprint density at radius 2 is 2.06 bits per heavy atom. The normalized spacial score (nSPS) is 14.0. The summed E-state index contributed by atoms with van der Waals surface area (Å²) in [5.41, 5.74) is -0.619. The molecule has 0 bridgehead atoms. The zero-order valence-electron chi connectivity index (χ0n) is 10.2. The van der Waals surface area contributed by atoms with Crippen LogP contribution in [0.15, 0.2) is 42.6 Å². The molecule has 0 amide bonds. The van der Waals surface area contributed by atoms with Crippen LogP contribution in [-0.4, -0.2) is 17.2 Å². The Bertz CT molecular complexity index is 555. The number of halogens is 1. The smallest absolute Gasteiger partial charge is 0.143 e. The number of pyridine rings is 1. The molecule has 4 heteroatoms. The lowest BCUT2D eigenvalue weighted by molar-refractivity contribution is 0.0935. The second kappa shape index (κ2) is 4.74. The fraction of sp³-hybridized carbons (Fsp3) is 0.214. The zero-order chi connectivity index (χ0) is 13.2. The van der Waals surface area contributed by atoms with E-state index in [1.807, 2.05) is 0 Å². The summed E-state index contributed by atoms with van der Waals surface area (Å²) in [6, 6.07) is 9.23. The van der Waals surface area contributed by atoms with Gasteiger partial charge in [-0.1, -0.05) is 12.1 Å². The van der Waals surface area contributed by atoms with E-state index in [0.29, 0.717) is 17.0 Å². The first-order chi connectivity index (χ1) is 8.55. The number of ether oxygens (including phenoxy) is 1. The highest BCUT2D eigenvalue weighted by atomic mass is 19.1. The molecule has 1 atom stereocenters. The minimum atomic E-state index is -1.41. The predicted octanol–water partition coefficient (Wildman–Crippen LogP) is 2.49. The van der Waals surface area contributed by atoms with E-state index >= 15 is 0 Å². The van der Waals surface area contributed by atoms with Crippen molar-refractivity contribution in [2.45, 2.75) is 12.5 Å². The number of hydrogen-bond donors (Lipinski definition) is 1. The van der Waals surface area contributed by atoms with Crippen LogP contribution < -0.4 is 4.74 Å². The van der Waals surface area contributed by atoms with Crippen LogP contribution in [0.5, 0.6) is 5.75 Å². The molecule has 1 heterocycles. The molecule has 0 saturated heterocycles. The van der Waals surface area contributed by atoms with Gasteiger partial charge in [-0.25, -0.2) is 4.39 Å². The summed E-state index contributed by atoms with van der Waals surface area (Å²) >= 11 is 0. The third-order valence-electron chi connectivity index (χ3n) is 2.84. The van der Waals surface area contributed by atoms with Gasteiger partial charge < -0.3 is 9.84 Å². The van der Waals surface area contributed by atoms with Gasteiger partial charge in [0.05, 0.1) is 7.11 Å². The Hall–Kier alpha value is -1.94. The van der Waals surface area contributed by atoms with Crippen LogP contribution >= 0.6 is 0 Å². The Kier molecular flexibility index (Phi) is 3.30. The van der Waals surface area contributed by atoms with E-state index in [4.69, 9.17) is 4.74 Å². The first-order valence-electron chi connectivity index (χ1n) is 5.53. The summed E-state index contributed by atoms with van der Waals surface area (Å²) in [5.74, 6) is 0.0643. The van der Waals surface area contributed by atoms with Gasteiger partial charge in [0.2, 0.25) is 0 Å². The van der Waals surface area contributed by atoms with Crippen molar-refractivity contribution in [2.75, 3.05) is 7.11 Å². The molecule has 0 radical (unpaired) electrons. The molecule has 0 aliphatic rings. The lowest BCUT2D eigenvalue weighted by Crippen LogP contribution is -2.25. The van der Waals surface area contributed by atoms with Crippen molar-refractivity contribution in [3.63, 3.8) is 0 Å². The maximum Gasteiger partial charge on any atom is 0.143 e. The second-order valence-electron chi connectivity index (χ2n) is 4.14. The first kappa shape index (κ1) is 12.5. The fourth-order valence-electron chi connectivity index (χ4n) is 1.85. The van der Waals surface area contributed by atoms with Crippen LogP contribution in [0.2, 0.25) is 0 Å². The van der Waals surface area contributed by atoms with Crippen LogP contribution in [0.3, 0.4) is 0 Å². The van der Waals surface area contributed by atoms with E-state index in [-0.39, 0.29) is 0 Å². The topological polar surface area (TPSA) is 42.4 Å². The summed E-state index contributed by atoms with van der Waals surface area (Å²) in [7, 11) is 1.50. The maximum atomic E-state index is 13.2. The lowest BCUT2D eigenvalue weighted by atomic mass is 9.91. The number of benzene rings is 1. The Balaban J connectivity index is 2.54. The van der Waals surface area contributed by atoms with Gasteiger partial charge in [0.25, 0.3) is 0 Å². The minimum absolute atomic E-state index is 0.359. The monoisotopic (exact) mass is 247 g/mol. The van der Waals surface area contributed by atoms with Gasteiger partial charge in [-0.2, -0.15) is 0 Å². The molecule has 2 aromatic rings. The lowest BCUT2D eigenvalue weighted by Gasteiger charge is -2.24. The van der Waals surface area contributed by atoms with Crippen LogP contribution in [-0.2, 0) is 5.60 Å². The molecule has 0 spiro atoms. The molecule has 1 aromatic carbocycles. The van der Waals surface area contributed by atoms with E-state index in [9.17, 15) is 9.50 Å². The summed E-state index contributed by atoms with van der Waals surface area (Å²) in [6.45, 7) is 1.56. The third kappa shape index (κ3) is 2.19. The molecule has 0 aliphatic heterocycles. The largest absolute Gasteiger partial charge is 0.495 e. The predicted molar refractivity (Wildman–Crippen MR) is 65.9 cm³/mol. The highest BCUT2D eigenvalue weighted by Gasteiger charge is 2.30. The molecule has 1 aromatic heterocycles. The highest BCUT2D eigenvalue weighted by molar-refractivity contribution is 5.39. The van der Waals surface area contributed by atoms with Gasteiger partial charge in [0, 0.05) is 6.20 Å². The summed E-state index contributed by atoms with van der Waals surface area (Å²) in [4.78, 5) is 4.13. The first-order valence-corrected chi connectivity index (χ1v) is 5.53. The third-order valence-corrected chi connectivity index (χ3v) is 2.84. The van der Waals surface area contributed by atoms with Gasteiger partial charge in [-0.3, -0.25) is 4.98 Å². The van der Waals surface area contributed by atoms with Gasteiger partial charge in [-0.05, 0) is 36.8 Å². The molecule has 0 aliphatic carbocycles. The van der Waals surface area contributed by atoms with Crippen molar-refractivity contribution < 1.29 is 14.2 Å². The average molecular weight is 247 g/mol. The molecule has 1 unspecified atom stereocenters. The molecule has 94 valence electrons. The summed E-state index contributed by atoms with van der Waals surface area (Å²) in [5, 5.41) is 10.6. The van der Waals surface area contributed by atoms with Gasteiger partial charge in [0.15, 0.2) is 0 Å². The van der Waals surface area contributed by atoms with E-state index in [0.717, 1.165) is 0 Å². The SMILES string of the molecule is COc1cccnc1C(C)(O)c1cccc(F)c1. The van der Waals surface area contributed by atoms with Gasteiger partial charge in [-0.15, -0.1) is 0 Å². The maximum absolute atomic E-state index is 13.2. The van der Waals surface area contributed by atoms with E-state index in [1.165, 1.54) is 19.2 Å². The quantitative estimate of drug-likeness (QED) is 0.906. The number of hydrogen-bond acceptors (Lipinski definition) is 3. The molecular formula is C14H14FNO2. The van der Waals surface area contributed by atoms with Crippen molar-refractivity contribution in [1.82, 2.24) is 4.98 Å². The van der Waals surface area contributed by atoms with E-state index < -0.39 is 11.4 Å². The van der Waals surface area contributed by atoms with Gasteiger partial charge >= 0.3 is 0 Å². The number of methoxy groups -OCH3 is 1. The van der Waals surface area contributed by atoms with Crippen molar-refractivity contribution in [3.05, 3.63) is 59.7 Å². The summed E-state index contributed by atoms with van der Waals surface area (Å²) < 4.78 is 18.4. The average Bonchev–Trinajstić information content (AvgIpc) is 2.38. The number of aromatic nitrogens is 1.